The third-order valence-electron chi connectivity index (χ3n) is 5.31. The number of hydrogen-bond donors (Lipinski definition) is 2. The average molecular weight is 526 g/mol. The van der Waals surface area contributed by atoms with Crippen LogP contribution in [0.5, 0.6) is 0 Å². The lowest BCUT2D eigenvalue weighted by molar-refractivity contribution is -0.137. The first kappa shape index (κ1) is 26.0. The van der Waals surface area contributed by atoms with E-state index in [1.165, 1.54) is 0 Å². The molecule has 0 spiro atoms. The molecule has 2 aromatic rings. The van der Waals surface area contributed by atoms with Crippen LogP contribution < -0.4 is 0 Å². The van der Waals surface area contributed by atoms with Crippen molar-refractivity contribution in [2.45, 2.75) is 26.8 Å². The summed E-state index contributed by atoms with van der Waals surface area (Å²) in [6, 6.07) is 2.83. The van der Waals surface area contributed by atoms with Gasteiger partial charge in [-0.2, -0.15) is 17.5 Å². The number of aliphatic hydroxyl groups excluding tert-OH is 1. The number of nitrogens with zero attached hydrogens (tertiary/aromatic N) is 2. The van der Waals surface area contributed by atoms with Crippen LogP contribution in [0, 0.1) is 18.2 Å². The number of aliphatic hydroxyl groups is 2. The minimum absolute atomic E-state index is 0.0445. The van der Waals surface area contributed by atoms with Gasteiger partial charge < -0.3 is 10.2 Å². The Kier molecular flexibility index (Phi) is 6.52. The number of hydrogen-bond acceptors (Lipinski definition) is 6. The predicted molar refractivity (Wildman–Crippen MR) is 106 cm³/mol. The van der Waals surface area contributed by atoms with Crippen molar-refractivity contribution >= 4 is 25.5 Å². The maximum atomic E-state index is 14.3. The number of benzene rings is 2. The predicted octanol–water partition coefficient (Wildman–Crippen LogP) is 2.10. The molecule has 0 bridgehead atoms. The van der Waals surface area contributed by atoms with E-state index in [4.69, 9.17) is 6.57 Å². The summed E-state index contributed by atoms with van der Waals surface area (Å²) in [7, 11) is -9.68. The molecule has 1 aliphatic heterocycles. The van der Waals surface area contributed by atoms with Crippen molar-refractivity contribution in [1.29, 1.82) is 0 Å². The molecule has 0 radical (unpaired) electrons. The van der Waals surface area contributed by atoms with Gasteiger partial charge in [0.25, 0.3) is 0 Å². The summed E-state index contributed by atoms with van der Waals surface area (Å²) >= 11 is 0. The topological polar surface area (TPSA) is 116 Å². The maximum Gasteiger partial charge on any atom is 0.416 e. The van der Waals surface area contributed by atoms with Crippen molar-refractivity contribution in [3.8, 4) is 0 Å². The van der Waals surface area contributed by atoms with E-state index >= 15 is 0 Å². The van der Waals surface area contributed by atoms with Gasteiger partial charge in [0.05, 0.1) is 23.6 Å². The van der Waals surface area contributed by atoms with E-state index in [-0.39, 0.29) is 6.07 Å². The lowest BCUT2D eigenvalue weighted by atomic mass is 10.1. The van der Waals surface area contributed by atoms with Crippen LogP contribution in [-0.4, -0.2) is 61.9 Å². The third-order valence-corrected chi connectivity index (χ3v) is 9.41. The van der Waals surface area contributed by atoms with Gasteiger partial charge in [0.2, 0.25) is 15.7 Å². The van der Waals surface area contributed by atoms with Crippen LogP contribution in [0.4, 0.5) is 27.6 Å². The highest BCUT2D eigenvalue weighted by atomic mass is 32.2. The lowest BCUT2D eigenvalue weighted by Gasteiger charge is -2.26. The highest BCUT2D eigenvalue weighted by molar-refractivity contribution is 7.92. The molecule has 0 amide bonds. The monoisotopic (exact) mass is 526 g/mol. The SMILES string of the molecule is [C-]#[N+]c1ccc(S(=O)(=O)[C@H]2CN(S(=O)(=O)c3ccc(C(F)(F)F)cc3F)C[C@@]2(O)CO)cc1F. The van der Waals surface area contributed by atoms with E-state index < -0.39 is 89.3 Å². The van der Waals surface area contributed by atoms with Crippen molar-refractivity contribution in [1.82, 2.24) is 4.31 Å². The molecule has 0 aromatic heterocycles. The van der Waals surface area contributed by atoms with Gasteiger partial charge in [-0.1, -0.05) is 12.1 Å². The zero-order valence-electron chi connectivity index (χ0n) is 16.8. The molecule has 34 heavy (non-hydrogen) atoms. The van der Waals surface area contributed by atoms with Gasteiger partial charge in [0, 0.05) is 13.1 Å². The molecule has 1 aliphatic rings. The van der Waals surface area contributed by atoms with Gasteiger partial charge >= 0.3 is 6.18 Å². The van der Waals surface area contributed by atoms with Crippen molar-refractivity contribution < 1.29 is 49.0 Å². The molecule has 1 saturated heterocycles. The number of alkyl halides is 3. The maximum absolute atomic E-state index is 14.3. The van der Waals surface area contributed by atoms with Crippen molar-refractivity contribution in [2.24, 2.45) is 0 Å². The zero-order valence-corrected chi connectivity index (χ0v) is 18.4. The zero-order chi connectivity index (χ0) is 25.7. The second-order valence-corrected chi connectivity index (χ2v) is 11.5. The van der Waals surface area contributed by atoms with Crippen LogP contribution in [0.2, 0.25) is 0 Å². The Morgan fingerprint density at radius 2 is 1.74 bits per heavy atom. The van der Waals surface area contributed by atoms with Gasteiger partial charge in [-0.05, 0) is 24.3 Å². The van der Waals surface area contributed by atoms with E-state index in [0.29, 0.717) is 22.5 Å². The minimum Gasteiger partial charge on any atom is -0.393 e. The average Bonchev–Trinajstić information content (AvgIpc) is 3.12. The van der Waals surface area contributed by atoms with Crippen LogP contribution >= 0.6 is 0 Å². The second kappa shape index (κ2) is 8.54. The van der Waals surface area contributed by atoms with Crippen molar-refractivity contribution in [2.75, 3.05) is 19.7 Å². The van der Waals surface area contributed by atoms with Crippen LogP contribution in [0.15, 0.2) is 46.2 Å². The van der Waals surface area contributed by atoms with Gasteiger partial charge in [0.1, 0.15) is 27.4 Å². The standard InChI is InChI=1S/C19H15F5N2O6S2/c1-25-15-4-3-12(7-13(15)20)33(29,30)17-8-26(9-18(17,28)10-27)34(31,32)16-5-2-11(6-14(16)21)19(22,23)24/h2-7,17,27-28H,8-10H2/t17-,18+/m0/s1. The van der Waals surface area contributed by atoms with E-state index in [1.54, 1.807) is 0 Å². The smallest absolute Gasteiger partial charge is 0.393 e. The fourth-order valence-corrected chi connectivity index (χ4v) is 7.11. The van der Waals surface area contributed by atoms with Crippen molar-refractivity contribution in [3.63, 3.8) is 0 Å². The first-order valence-corrected chi connectivity index (χ1v) is 12.2. The molecule has 0 saturated carbocycles. The molecule has 1 heterocycles. The number of halogens is 5. The Balaban J connectivity index is 2.03. The Bertz CT molecular complexity index is 1390. The van der Waals surface area contributed by atoms with Crippen LogP contribution in [0.1, 0.15) is 5.56 Å². The normalized spacial score (nSPS) is 22.0. The van der Waals surface area contributed by atoms with E-state index in [1.807, 2.05) is 0 Å². The highest BCUT2D eigenvalue weighted by Gasteiger charge is 2.55. The summed E-state index contributed by atoms with van der Waals surface area (Å²) in [5.74, 6) is -2.96. The molecule has 15 heteroatoms. The molecular weight excluding hydrogens is 511 g/mol. The summed E-state index contributed by atoms with van der Waals surface area (Å²) in [5.41, 5.74) is -4.56. The fourth-order valence-electron chi connectivity index (χ4n) is 3.49. The minimum atomic E-state index is -4.97. The summed E-state index contributed by atoms with van der Waals surface area (Å²) in [6.45, 7) is 3.48. The van der Waals surface area contributed by atoms with Gasteiger partial charge in [-0.15, -0.1) is 0 Å². The first-order chi connectivity index (χ1) is 15.6. The molecule has 3 rings (SSSR count). The first-order valence-electron chi connectivity index (χ1n) is 9.19. The highest BCUT2D eigenvalue weighted by Crippen LogP contribution is 2.37. The summed E-state index contributed by atoms with van der Waals surface area (Å²) < 4.78 is 119. The number of sulfone groups is 1. The van der Waals surface area contributed by atoms with Crippen LogP contribution in [0.3, 0.4) is 0 Å². The molecule has 0 aliphatic carbocycles. The van der Waals surface area contributed by atoms with Crippen LogP contribution in [-0.2, 0) is 26.0 Å². The van der Waals surface area contributed by atoms with E-state index in [2.05, 4.69) is 4.85 Å². The molecule has 2 N–H and O–H groups in total. The molecule has 1 fully saturated rings. The quantitative estimate of drug-likeness (QED) is 0.456. The van der Waals surface area contributed by atoms with E-state index in [0.717, 1.165) is 12.1 Å². The largest absolute Gasteiger partial charge is 0.416 e. The van der Waals surface area contributed by atoms with Gasteiger partial charge in [0.15, 0.2) is 9.84 Å². The van der Waals surface area contributed by atoms with Gasteiger partial charge in [-0.3, -0.25) is 0 Å². The molecule has 8 nitrogen and oxygen atoms in total. The fraction of sp³-hybridized carbons (Fsp3) is 0.316. The molecule has 2 atom stereocenters. The number of sulfonamides is 1. The van der Waals surface area contributed by atoms with Crippen molar-refractivity contribution in [3.05, 3.63) is 65.0 Å². The number of rotatable bonds is 5. The van der Waals surface area contributed by atoms with Crippen LogP contribution in [0.25, 0.3) is 4.85 Å². The summed E-state index contributed by atoms with van der Waals surface area (Å²) in [6.07, 6.45) is -4.95. The Hall–Kier alpha value is -2.64. The lowest BCUT2D eigenvalue weighted by Crippen LogP contribution is -2.49. The second-order valence-electron chi connectivity index (χ2n) is 7.46. The molecule has 184 valence electrons. The summed E-state index contributed by atoms with van der Waals surface area (Å²) in [5, 5.41) is 18.3. The Morgan fingerprint density at radius 3 is 2.24 bits per heavy atom. The Morgan fingerprint density at radius 1 is 1.09 bits per heavy atom. The molecular formula is C19H15F5N2O6S2. The molecule has 2 aromatic carbocycles. The Labute approximate surface area is 190 Å². The third kappa shape index (κ3) is 4.39. The summed E-state index contributed by atoms with van der Waals surface area (Å²) in [4.78, 5) is 0.924. The van der Waals surface area contributed by atoms with E-state index in [9.17, 15) is 49.0 Å². The number of β-amino-alcohol motifs (C(OH)–C–C–N with tert-alkyl or cyclic N) is 1. The molecule has 0 unspecified atom stereocenters. The van der Waals surface area contributed by atoms with Gasteiger partial charge in [-0.25, -0.2) is 30.5 Å².